The van der Waals surface area contributed by atoms with Gasteiger partial charge in [-0.2, -0.15) is 10.1 Å². The molecular weight excluding hydrogens is 538 g/mol. The van der Waals surface area contributed by atoms with E-state index < -0.39 is 11.8 Å². The number of halogens is 1. The Hall–Kier alpha value is -3.23. The average molecular weight is 578 g/mol. The lowest BCUT2D eigenvalue weighted by atomic mass is 9.93. The zero-order valence-electron chi connectivity index (χ0n) is 24.2. The number of nitrogens with zero attached hydrogens (tertiary/aromatic N) is 5. The summed E-state index contributed by atoms with van der Waals surface area (Å²) in [6.07, 6.45) is 11.5. The lowest BCUT2D eigenvalue weighted by molar-refractivity contribution is 0.0616. The Morgan fingerprint density at radius 1 is 0.927 bits per heavy atom. The average Bonchev–Trinajstić information content (AvgIpc) is 3.30. The van der Waals surface area contributed by atoms with E-state index in [1.807, 2.05) is 24.3 Å². The molecule has 8 nitrogen and oxygen atoms in total. The molecular formula is C32H40ClN5O3. The normalized spacial score (nSPS) is 15.6. The number of imide groups is 1. The summed E-state index contributed by atoms with van der Waals surface area (Å²) in [6.45, 7) is 8.00. The zero-order chi connectivity index (χ0) is 28.8. The Labute approximate surface area is 247 Å². The molecule has 3 aromatic rings. The molecule has 0 N–H and O–H groups in total. The molecule has 5 rings (SSSR count). The number of benzene rings is 2. The van der Waals surface area contributed by atoms with Gasteiger partial charge in [-0.1, -0.05) is 76.1 Å². The third kappa shape index (κ3) is 6.19. The number of hydrogen-bond acceptors (Lipinski definition) is 6. The maximum absolute atomic E-state index is 13.6. The van der Waals surface area contributed by atoms with Crippen molar-refractivity contribution in [3.8, 4) is 0 Å². The van der Waals surface area contributed by atoms with Crippen molar-refractivity contribution in [3.63, 3.8) is 0 Å². The van der Waals surface area contributed by atoms with E-state index in [2.05, 4.69) is 33.4 Å². The van der Waals surface area contributed by atoms with Gasteiger partial charge in [0.05, 0.1) is 30.6 Å². The van der Waals surface area contributed by atoms with Crippen LogP contribution in [0, 0.1) is 0 Å². The quantitative estimate of drug-likeness (QED) is 0.126. The maximum Gasteiger partial charge on any atom is 0.282 e. The van der Waals surface area contributed by atoms with E-state index in [0.717, 1.165) is 73.6 Å². The van der Waals surface area contributed by atoms with Gasteiger partial charge in [0.25, 0.3) is 11.8 Å². The Balaban J connectivity index is 1.42. The second kappa shape index (κ2) is 13.6. The summed E-state index contributed by atoms with van der Waals surface area (Å²) >= 11 is 6.61. The second-order valence-corrected chi connectivity index (χ2v) is 11.2. The first-order chi connectivity index (χ1) is 20.0. The van der Waals surface area contributed by atoms with Crippen LogP contribution >= 0.6 is 11.6 Å². The molecule has 0 unspecified atom stereocenters. The van der Waals surface area contributed by atoms with E-state index in [1.165, 1.54) is 31.9 Å². The van der Waals surface area contributed by atoms with Gasteiger partial charge in [-0.3, -0.25) is 9.59 Å². The van der Waals surface area contributed by atoms with Crippen LogP contribution in [0.4, 0.5) is 5.69 Å². The number of anilines is 1. The molecule has 0 spiro atoms. The van der Waals surface area contributed by atoms with Gasteiger partial charge >= 0.3 is 0 Å². The SMILES string of the molecule is CCCCCCCCn1c(CCCC)nc(Cl)c1/C=N/N1C(=O)c2cccc3c(N4CCOCC4)ccc(c23)C1=O. The predicted octanol–water partition coefficient (Wildman–Crippen LogP) is 6.86. The molecule has 2 aromatic carbocycles. The summed E-state index contributed by atoms with van der Waals surface area (Å²) in [5.74, 6) is 0.0505. The van der Waals surface area contributed by atoms with Gasteiger partial charge in [0, 0.05) is 42.5 Å². The van der Waals surface area contributed by atoms with Crippen LogP contribution < -0.4 is 4.90 Å². The summed E-state index contributed by atoms with van der Waals surface area (Å²) < 4.78 is 7.63. The first-order valence-corrected chi connectivity index (χ1v) is 15.5. The number of carbonyl (C=O) groups is 2. The van der Waals surface area contributed by atoms with Crippen molar-refractivity contribution < 1.29 is 14.3 Å². The Morgan fingerprint density at radius 2 is 1.63 bits per heavy atom. The lowest BCUT2D eigenvalue weighted by Gasteiger charge is -2.31. The van der Waals surface area contributed by atoms with E-state index in [4.69, 9.17) is 16.3 Å². The van der Waals surface area contributed by atoms with E-state index in [0.29, 0.717) is 40.6 Å². The molecule has 9 heteroatoms. The molecule has 2 aliphatic rings. The highest BCUT2D eigenvalue weighted by molar-refractivity contribution is 6.32. The van der Waals surface area contributed by atoms with Gasteiger partial charge in [-0.25, -0.2) is 4.98 Å². The molecule has 1 aromatic heterocycles. The fraction of sp³-hybridized carbons (Fsp3) is 0.500. The van der Waals surface area contributed by atoms with Gasteiger partial charge in [-0.05, 0) is 31.0 Å². The number of amides is 2. The van der Waals surface area contributed by atoms with Crippen molar-refractivity contribution in [1.82, 2.24) is 14.6 Å². The second-order valence-electron chi connectivity index (χ2n) is 10.9. The first kappa shape index (κ1) is 29.3. The summed E-state index contributed by atoms with van der Waals surface area (Å²) in [6, 6.07) is 9.39. The van der Waals surface area contributed by atoms with Crippen molar-refractivity contribution in [2.75, 3.05) is 31.2 Å². The third-order valence-electron chi connectivity index (χ3n) is 8.04. The van der Waals surface area contributed by atoms with Gasteiger partial charge in [-0.15, -0.1) is 0 Å². The molecule has 0 aliphatic carbocycles. The summed E-state index contributed by atoms with van der Waals surface area (Å²) in [5.41, 5.74) is 2.59. The monoisotopic (exact) mass is 577 g/mol. The van der Waals surface area contributed by atoms with Gasteiger partial charge in [0.2, 0.25) is 0 Å². The number of rotatable bonds is 13. The number of ether oxygens (including phenoxy) is 1. The van der Waals surface area contributed by atoms with Crippen molar-refractivity contribution in [2.24, 2.45) is 5.10 Å². The van der Waals surface area contributed by atoms with Crippen molar-refractivity contribution >= 4 is 46.1 Å². The number of morpholine rings is 1. The van der Waals surface area contributed by atoms with Gasteiger partial charge < -0.3 is 14.2 Å². The van der Waals surface area contributed by atoms with Gasteiger partial charge in [0.15, 0.2) is 5.15 Å². The highest BCUT2D eigenvalue weighted by atomic mass is 35.5. The smallest absolute Gasteiger partial charge is 0.282 e. The van der Waals surface area contributed by atoms with Crippen LogP contribution in [0.25, 0.3) is 10.8 Å². The van der Waals surface area contributed by atoms with Crippen LogP contribution in [0.15, 0.2) is 35.4 Å². The fourth-order valence-corrected chi connectivity index (χ4v) is 6.04. The number of unbranched alkanes of at least 4 members (excludes halogenated alkanes) is 6. The number of hydrazone groups is 1. The third-order valence-corrected chi connectivity index (χ3v) is 8.32. The molecule has 0 radical (unpaired) electrons. The molecule has 0 atom stereocenters. The van der Waals surface area contributed by atoms with E-state index in [1.54, 1.807) is 6.07 Å². The van der Waals surface area contributed by atoms with Crippen molar-refractivity contribution in [3.05, 3.63) is 58.1 Å². The predicted molar refractivity (Wildman–Crippen MR) is 164 cm³/mol. The minimum absolute atomic E-state index is 0.348. The van der Waals surface area contributed by atoms with Crippen molar-refractivity contribution in [1.29, 1.82) is 0 Å². The van der Waals surface area contributed by atoms with E-state index in [-0.39, 0.29) is 0 Å². The number of aryl methyl sites for hydroxylation is 1. The minimum Gasteiger partial charge on any atom is -0.378 e. The van der Waals surface area contributed by atoms with Crippen LogP contribution in [-0.4, -0.2) is 58.9 Å². The Kier molecular flexibility index (Phi) is 9.72. The number of imidazole rings is 1. The topological polar surface area (TPSA) is 80.0 Å². The molecule has 2 aliphatic heterocycles. The molecule has 1 fully saturated rings. The van der Waals surface area contributed by atoms with Crippen LogP contribution in [0.1, 0.15) is 97.4 Å². The summed E-state index contributed by atoms with van der Waals surface area (Å²) in [5, 5.41) is 7.33. The number of hydrogen-bond donors (Lipinski definition) is 0. The number of carbonyl (C=O) groups excluding carboxylic acids is 2. The van der Waals surface area contributed by atoms with Crippen LogP contribution in [0.3, 0.4) is 0 Å². The highest BCUT2D eigenvalue weighted by Gasteiger charge is 2.34. The Bertz CT molecular complexity index is 1400. The largest absolute Gasteiger partial charge is 0.378 e. The standard InChI is InChI=1S/C32H40ClN5O3/c1-3-5-7-8-9-10-17-37-27(30(33)35-28(37)14-6-4-2)22-34-38-31(39)24-13-11-12-23-26(36-18-20-41-21-19-36)16-15-25(29(23)24)32(38)40/h11-13,15-16,22H,3-10,14,17-21H2,1-2H3/b34-22+. The summed E-state index contributed by atoms with van der Waals surface area (Å²) in [4.78, 5) is 34.2. The molecule has 0 saturated carbocycles. The maximum atomic E-state index is 13.6. The zero-order valence-corrected chi connectivity index (χ0v) is 25.0. The first-order valence-electron chi connectivity index (χ1n) is 15.1. The van der Waals surface area contributed by atoms with E-state index >= 15 is 0 Å². The number of aromatic nitrogens is 2. The molecule has 3 heterocycles. The molecule has 0 bridgehead atoms. The molecule has 41 heavy (non-hydrogen) atoms. The van der Waals surface area contributed by atoms with Crippen LogP contribution in [0.5, 0.6) is 0 Å². The van der Waals surface area contributed by atoms with Crippen molar-refractivity contribution in [2.45, 2.75) is 78.2 Å². The molecule has 218 valence electrons. The lowest BCUT2D eigenvalue weighted by Crippen LogP contribution is -2.38. The minimum atomic E-state index is -0.437. The van der Waals surface area contributed by atoms with E-state index in [9.17, 15) is 9.59 Å². The molecule has 1 saturated heterocycles. The van der Waals surface area contributed by atoms with Crippen LogP contribution in [-0.2, 0) is 17.7 Å². The molecule has 2 amide bonds. The highest BCUT2D eigenvalue weighted by Crippen LogP contribution is 2.36. The van der Waals surface area contributed by atoms with Crippen LogP contribution in [0.2, 0.25) is 5.15 Å². The summed E-state index contributed by atoms with van der Waals surface area (Å²) in [7, 11) is 0. The van der Waals surface area contributed by atoms with Gasteiger partial charge in [0.1, 0.15) is 11.5 Å². The Morgan fingerprint density at radius 3 is 2.39 bits per heavy atom. The fourth-order valence-electron chi connectivity index (χ4n) is 5.80.